The van der Waals surface area contributed by atoms with Crippen molar-refractivity contribution in [2.75, 3.05) is 7.11 Å². The lowest BCUT2D eigenvalue weighted by atomic mass is 9.98. The minimum absolute atomic E-state index is 0.211. The zero-order valence-electron chi connectivity index (χ0n) is 13.4. The summed E-state index contributed by atoms with van der Waals surface area (Å²) in [5, 5.41) is 21.4. The number of rotatable bonds is 4. The van der Waals surface area contributed by atoms with Crippen LogP contribution in [-0.4, -0.2) is 27.6 Å². The summed E-state index contributed by atoms with van der Waals surface area (Å²) in [5.74, 6) is 0.998. The van der Waals surface area contributed by atoms with Crippen molar-refractivity contribution in [3.05, 3.63) is 47.5 Å². The normalized spacial score (nSPS) is 10.7. The van der Waals surface area contributed by atoms with Crippen molar-refractivity contribution in [1.29, 1.82) is 0 Å². The largest absolute Gasteiger partial charge is 0.507 e. The van der Waals surface area contributed by atoms with Gasteiger partial charge in [0.05, 0.1) is 12.8 Å². The summed E-state index contributed by atoms with van der Waals surface area (Å²) in [6, 6.07) is 11.4. The van der Waals surface area contributed by atoms with E-state index in [1.54, 1.807) is 13.2 Å². The number of ether oxygens (including phenoxy) is 1. The van der Waals surface area contributed by atoms with Gasteiger partial charge >= 0.3 is 0 Å². The van der Waals surface area contributed by atoms with Crippen molar-refractivity contribution >= 4 is 0 Å². The molecule has 0 fully saturated rings. The number of hydrogen-bond donors (Lipinski definition) is 2. The second kappa shape index (κ2) is 6.12. The van der Waals surface area contributed by atoms with Crippen molar-refractivity contribution in [3.8, 4) is 34.0 Å². The molecule has 5 heteroatoms. The van der Waals surface area contributed by atoms with Crippen LogP contribution in [0.5, 0.6) is 11.5 Å². The van der Waals surface area contributed by atoms with Gasteiger partial charge in [0.25, 0.3) is 0 Å². The van der Waals surface area contributed by atoms with E-state index in [-0.39, 0.29) is 5.75 Å². The summed E-state index contributed by atoms with van der Waals surface area (Å²) in [7, 11) is 1.63. The molecule has 0 aliphatic heterocycles. The van der Waals surface area contributed by atoms with Crippen LogP contribution in [-0.2, 0) is 6.42 Å². The Labute approximate surface area is 134 Å². The van der Waals surface area contributed by atoms with Gasteiger partial charge in [-0.3, -0.25) is 5.10 Å². The minimum atomic E-state index is 0.211. The third-order valence-corrected chi connectivity index (χ3v) is 4.02. The molecule has 0 aliphatic carbocycles. The SMILES string of the molecule is CCc1cc(-c2nn[nH]c2-c2ccc(OC)cc2)c(O)cc1C. The van der Waals surface area contributed by atoms with Crippen LogP contribution in [0.25, 0.3) is 22.5 Å². The molecule has 0 spiro atoms. The van der Waals surface area contributed by atoms with Crippen molar-refractivity contribution in [2.45, 2.75) is 20.3 Å². The second-order valence-electron chi connectivity index (χ2n) is 5.41. The van der Waals surface area contributed by atoms with Gasteiger partial charge in [0.2, 0.25) is 0 Å². The molecule has 0 saturated carbocycles. The van der Waals surface area contributed by atoms with E-state index in [4.69, 9.17) is 4.74 Å². The first-order valence-electron chi connectivity index (χ1n) is 7.52. The lowest BCUT2D eigenvalue weighted by Gasteiger charge is -2.10. The third-order valence-electron chi connectivity index (χ3n) is 4.02. The van der Waals surface area contributed by atoms with Crippen molar-refractivity contribution < 1.29 is 9.84 Å². The molecule has 5 nitrogen and oxygen atoms in total. The van der Waals surface area contributed by atoms with Crippen molar-refractivity contribution in [2.24, 2.45) is 0 Å². The maximum atomic E-state index is 10.3. The van der Waals surface area contributed by atoms with Crippen molar-refractivity contribution in [3.63, 3.8) is 0 Å². The van der Waals surface area contributed by atoms with E-state index in [1.807, 2.05) is 37.3 Å². The van der Waals surface area contributed by atoms with E-state index in [0.29, 0.717) is 11.3 Å². The first kappa shape index (κ1) is 15.1. The Morgan fingerprint density at radius 3 is 2.57 bits per heavy atom. The Kier molecular flexibility index (Phi) is 4.02. The van der Waals surface area contributed by atoms with Crippen LogP contribution in [0.3, 0.4) is 0 Å². The zero-order chi connectivity index (χ0) is 16.4. The number of H-pyrrole nitrogens is 1. The van der Waals surface area contributed by atoms with Gasteiger partial charge in [0.1, 0.15) is 17.2 Å². The molecule has 0 amide bonds. The number of phenols is 1. The Morgan fingerprint density at radius 2 is 1.91 bits per heavy atom. The molecular formula is C18H19N3O2. The van der Waals surface area contributed by atoms with Crippen LogP contribution in [0, 0.1) is 6.92 Å². The van der Waals surface area contributed by atoms with Crippen LogP contribution >= 0.6 is 0 Å². The fourth-order valence-corrected chi connectivity index (χ4v) is 2.68. The molecule has 2 aromatic carbocycles. The molecule has 1 heterocycles. The van der Waals surface area contributed by atoms with Gasteiger partial charge < -0.3 is 9.84 Å². The highest BCUT2D eigenvalue weighted by molar-refractivity contribution is 5.81. The van der Waals surface area contributed by atoms with Crippen LogP contribution in [0.4, 0.5) is 0 Å². The van der Waals surface area contributed by atoms with Gasteiger partial charge in [-0.2, -0.15) is 0 Å². The lowest BCUT2D eigenvalue weighted by molar-refractivity contribution is 0.415. The van der Waals surface area contributed by atoms with E-state index in [0.717, 1.165) is 29.0 Å². The quantitative estimate of drug-likeness (QED) is 0.770. The maximum Gasteiger partial charge on any atom is 0.125 e. The molecule has 0 radical (unpaired) electrons. The number of methoxy groups -OCH3 is 1. The first-order chi connectivity index (χ1) is 11.1. The summed E-state index contributed by atoms with van der Waals surface area (Å²) in [4.78, 5) is 0. The van der Waals surface area contributed by atoms with Gasteiger partial charge in [-0.25, -0.2) is 0 Å². The average molecular weight is 309 g/mol. The van der Waals surface area contributed by atoms with Crippen LogP contribution in [0.2, 0.25) is 0 Å². The standard InChI is InChI=1S/C18H19N3O2/c1-4-12-10-15(16(22)9-11(12)2)18-17(19-21-20-18)13-5-7-14(23-3)8-6-13/h5-10,22H,4H2,1-3H3,(H,19,20,21). The number of phenolic OH excluding ortho intramolecular Hbond substituents is 1. The molecule has 0 aliphatic rings. The Morgan fingerprint density at radius 1 is 1.17 bits per heavy atom. The van der Waals surface area contributed by atoms with Gasteiger partial charge in [-0.15, -0.1) is 5.10 Å². The molecule has 118 valence electrons. The second-order valence-corrected chi connectivity index (χ2v) is 5.41. The van der Waals surface area contributed by atoms with E-state index < -0.39 is 0 Å². The average Bonchev–Trinajstić information content (AvgIpc) is 3.04. The molecule has 1 aromatic heterocycles. The summed E-state index contributed by atoms with van der Waals surface area (Å²) in [5.41, 5.74) is 5.29. The van der Waals surface area contributed by atoms with E-state index in [2.05, 4.69) is 22.3 Å². The highest BCUT2D eigenvalue weighted by atomic mass is 16.5. The van der Waals surface area contributed by atoms with Crippen LogP contribution in [0.15, 0.2) is 36.4 Å². The smallest absolute Gasteiger partial charge is 0.125 e. The first-order valence-corrected chi connectivity index (χ1v) is 7.52. The fraction of sp³-hybridized carbons (Fsp3) is 0.222. The molecule has 0 unspecified atom stereocenters. The molecule has 2 N–H and O–H groups in total. The predicted octanol–water partition coefficient (Wildman–Crippen LogP) is 3.72. The maximum absolute atomic E-state index is 10.3. The number of nitrogens with one attached hydrogen (secondary N) is 1. The predicted molar refractivity (Wildman–Crippen MR) is 89.6 cm³/mol. The van der Waals surface area contributed by atoms with E-state index in [9.17, 15) is 5.11 Å². The summed E-state index contributed by atoms with van der Waals surface area (Å²) in [6.07, 6.45) is 0.898. The topological polar surface area (TPSA) is 71.0 Å². The molecule has 3 rings (SSSR count). The summed E-state index contributed by atoms with van der Waals surface area (Å²) in [6.45, 7) is 4.09. The number of aromatic amines is 1. The number of hydrogen-bond acceptors (Lipinski definition) is 4. The Bertz CT molecular complexity index is 823. The molecular weight excluding hydrogens is 290 g/mol. The van der Waals surface area contributed by atoms with Crippen LogP contribution in [0.1, 0.15) is 18.1 Å². The van der Waals surface area contributed by atoms with E-state index >= 15 is 0 Å². The van der Waals surface area contributed by atoms with Gasteiger partial charge in [-0.1, -0.05) is 12.1 Å². The minimum Gasteiger partial charge on any atom is -0.507 e. The monoisotopic (exact) mass is 309 g/mol. The summed E-state index contributed by atoms with van der Waals surface area (Å²) >= 11 is 0. The lowest BCUT2D eigenvalue weighted by Crippen LogP contribution is -1.91. The molecule has 0 atom stereocenters. The highest BCUT2D eigenvalue weighted by Gasteiger charge is 2.16. The third kappa shape index (κ3) is 2.77. The summed E-state index contributed by atoms with van der Waals surface area (Å²) < 4.78 is 5.18. The van der Waals surface area contributed by atoms with Crippen molar-refractivity contribution in [1.82, 2.24) is 15.4 Å². The van der Waals surface area contributed by atoms with E-state index in [1.165, 1.54) is 5.56 Å². The number of aromatic hydroxyl groups is 1. The molecule has 3 aromatic rings. The van der Waals surface area contributed by atoms with Gasteiger partial charge in [0.15, 0.2) is 0 Å². The number of nitrogens with zero attached hydrogens (tertiary/aromatic N) is 2. The number of aryl methyl sites for hydroxylation is 2. The molecule has 23 heavy (non-hydrogen) atoms. The number of benzene rings is 2. The Hall–Kier alpha value is -2.82. The Balaban J connectivity index is 2.10. The van der Waals surface area contributed by atoms with Crippen LogP contribution < -0.4 is 4.74 Å². The zero-order valence-corrected chi connectivity index (χ0v) is 13.4. The van der Waals surface area contributed by atoms with Gasteiger partial charge in [-0.05, 0) is 60.9 Å². The van der Waals surface area contributed by atoms with Gasteiger partial charge in [0, 0.05) is 11.1 Å². The highest BCUT2D eigenvalue weighted by Crippen LogP contribution is 2.36. The molecule has 0 bridgehead atoms. The number of aromatic nitrogens is 3. The fourth-order valence-electron chi connectivity index (χ4n) is 2.68. The molecule has 0 saturated heterocycles.